The zero-order valence-electron chi connectivity index (χ0n) is 15.6. The van der Waals surface area contributed by atoms with Crippen molar-refractivity contribution in [3.8, 4) is 12.3 Å². The molecule has 0 aromatic rings. The van der Waals surface area contributed by atoms with Gasteiger partial charge in [-0.1, -0.05) is 58.3 Å². The fraction of sp³-hybridized carbons (Fsp3) is 0.714. The minimum absolute atomic E-state index is 0.283. The Labute approximate surface area is 144 Å². The summed E-state index contributed by atoms with van der Waals surface area (Å²) in [5.41, 5.74) is 0. The van der Waals surface area contributed by atoms with Crippen LogP contribution in [0.3, 0.4) is 0 Å². The molecule has 1 aliphatic heterocycles. The first-order chi connectivity index (χ1) is 11.2. The Kier molecular flexibility index (Phi) is 13.9. The van der Waals surface area contributed by atoms with Crippen LogP contribution >= 0.6 is 0 Å². The lowest BCUT2D eigenvalue weighted by Gasteiger charge is -2.26. The van der Waals surface area contributed by atoms with Crippen molar-refractivity contribution >= 4 is 0 Å². The summed E-state index contributed by atoms with van der Waals surface area (Å²) in [5, 5.41) is 0. The zero-order valence-corrected chi connectivity index (χ0v) is 15.6. The van der Waals surface area contributed by atoms with Gasteiger partial charge in [-0.3, -0.25) is 0 Å². The van der Waals surface area contributed by atoms with Crippen LogP contribution in [0.1, 0.15) is 72.6 Å². The monoisotopic (exact) mass is 320 g/mol. The molecule has 0 N–H and O–H groups in total. The normalized spacial score (nSPS) is 27.6. The molecule has 2 aliphatic rings. The summed E-state index contributed by atoms with van der Waals surface area (Å²) >= 11 is 0. The molecule has 23 heavy (non-hydrogen) atoms. The van der Waals surface area contributed by atoms with E-state index in [4.69, 9.17) is 16.2 Å². The first kappa shape index (κ1) is 22.0. The van der Waals surface area contributed by atoms with E-state index < -0.39 is 0 Å². The molecule has 2 heteroatoms. The van der Waals surface area contributed by atoms with E-state index in [1.165, 1.54) is 19.3 Å². The van der Waals surface area contributed by atoms with Crippen molar-refractivity contribution in [3.63, 3.8) is 0 Å². The van der Waals surface area contributed by atoms with Gasteiger partial charge in [0.25, 0.3) is 0 Å². The molecule has 2 fully saturated rings. The molecule has 4 atom stereocenters. The molecule has 0 aromatic heterocycles. The van der Waals surface area contributed by atoms with Crippen LogP contribution in [0.25, 0.3) is 0 Å². The first-order valence-corrected chi connectivity index (χ1v) is 9.19. The minimum atomic E-state index is 0.283. The average molecular weight is 321 g/mol. The highest BCUT2D eigenvalue weighted by Gasteiger charge is 2.48. The van der Waals surface area contributed by atoms with Crippen molar-refractivity contribution < 1.29 is 9.78 Å². The Morgan fingerprint density at radius 2 is 1.78 bits per heavy atom. The number of rotatable bonds is 6. The highest BCUT2D eigenvalue weighted by Crippen LogP contribution is 2.44. The summed E-state index contributed by atoms with van der Waals surface area (Å²) < 4.78 is 0. The van der Waals surface area contributed by atoms with E-state index in [2.05, 4.69) is 52.3 Å². The molecule has 0 radical (unpaired) electrons. The Morgan fingerprint density at radius 3 is 2.17 bits per heavy atom. The number of hydrogen-bond donors (Lipinski definition) is 0. The molecule has 1 unspecified atom stereocenters. The van der Waals surface area contributed by atoms with Gasteiger partial charge in [-0.05, 0) is 19.8 Å². The molecule has 132 valence electrons. The predicted molar refractivity (Wildman–Crippen MR) is 99.9 cm³/mol. The van der Waals surface area contributed by atoms with Crippen molar-refractivity contribution in [3.05, 3.63) is 24.8 Å². The molecular formula is C21H36O2. The van der Waals surface area contributed by atoms with Gasteiger partial charge in [-0.2, -0.15) is 0 Å². The van der Waals surface area contributed by atoms with Crippen LogP contribution in [0.4, 0.5) is 0 Å². The van der Waals surface area contributed by atoms with Gasteiger partial charge >= 0.3 is 0 Å². The number of fused-ring (bicyclic) bond motifs is 2. The molecule has 2 rings (SSSR count). The van der Waals surface area contributed by atoms with Gasteiger partial charge < -0.3 is 0 Å². The quantitative estimate of drug-likeness (QED) is 0.335. The van der Waals surface area contributed by atoms with E-state index in [0.717, 1.165) is 25.7 Å². The van der Waals surface area contributed by atoms with Crippen LogP contribution in [-0.4, -0.2) is 12.2 Å². The Bertz CT molecular complexity index is 351. The second kappa shape index (κ2) is 14.5. The van der Waals surface area contributed by atoms with Crippen LogP contribution in [0, 0.1) is 24.2 Å². The van der Waals surface area contributed by atoms with Crippen molar-refractivity contribution in [1.29, 1.82) is 0 Å². The van der Waals surface area contributed by atoms with Crippen molar-refractivity contribution in [2.45, 2.75) is 84.8 Å². The van der Waals surface area contributed by atoms with Crippen LogP contribution < -0.4 is 0 Å². The highest BCUT2D eigenvalue weighted by atomic mass is 17.2. The summed E-state index contributed by atoms with van der Waals surface area (Å²) in [5.74, 6) is 3.62. The zero-order chi connectivity index (χ0) is 17.5. The first-order valence-electron chi connectivity index (χ1n) is 9.19. The summed E-state index contributed by atoms with van der Waals surface area (Å²) in [4.78, 5) is 10.4. The van der Waals surface area contributed by atoms with Gasteiger partial charge in [-0.15, -0.1) is 18.9 Å². The number of unbranched alkanes of at least 4 members (excludes halogenated alkanes) is 3. The van der Waals surface area contributed by atoms with Crippen molar-refractivity contribution in [2.24, 2.45) is 11.8 Å². The van der Waals surface area contributed by atoms with Gasteiger partial charge in [0.05, 0.1) is 6.10 Å². The second-order valence-corrected chi connectivity index (χ2v) is 6.10. The molecule has 2 bridgehead atoms. The van der Waals surface area contributed by atoms with Crippen LogP contribution in [0.15, 0.2) is 24.8 Å². The molecule has 0 spiro atoms. The Balaban J connectivity index is 0.000000406. The van der Waals surface area contributed by atoms with Gasteiger partial charge in [0.2, 0.25) is 0 Å². The second-order valence-electron chi connectivity index (χ2n) is 6.10. The Morgan fingerprint density at radius 1 is 1.13 bits per heavy atom. The SMILES string of the molecule is C#CCCC.C=CC[C@@H]1C(/C=C/C)[C@H]2C[C@@H]1OO2.CCCCC. The summed E-state index contributed by atoms with van der Waals surface area (Å²) in [7, 11) is 0. The molecule has 1 heterocycles. The average Bonchev–Trinajstić information content (AvgIpc) is 3.14. The molecule has 0 amide bonds. The third kappa shape index (κ3) is 8.39. The molecular weight excluding hydrogens is 284 g/mol. The van der Waals surface area contributed by atoms with Crippen LogP contribution in [0.2, 0.25) is 0 Å². The van der Waals surface area contributed by atoms with Crippen molar-refractivity contribution in [1.82, 2.24) is 0 Å². The topological polar surface area (TPSA) is 18.5 Å². The maximum atomic E-state index is 5.21. The lowest BCUT2D eigenvalue weighted by atomic mass is 9.90. The fourth-order valence-corrected chi connectivity index (χ4v) is 2.93. The number of terminal acetylenes is 1. The molecule has 1 saturated heterocycles. The fourth-order valence-electron chi connectivity index (χ4n) is 2.93. The molecule has 2 nitrogen and oxygen atoms in total. The van der Waals surface area contributed by atoms with Crippen LogP contribution in [-0.2, 0) is 9.78 Å². The van der Waals surface area contributed by atoms with Gasteiger partial charge in [0.1, 0.15) is 6.10 Å². The number of allylic oxidation sites excluding steroid dienone is 2. The largest absolute Gasteiger partial charge is 0.233 e. The summed E-state index contributed by atoms with van der Waals surface area (Å²) in [6.45, 7) is 12.3. The lowest BCUT2D eigenvalue weighted by Crippen LogP contribution is -2.28. The smallest absolute Gasteiger partial charge is 0.102 e. The summed E-state index contributed by atoms with van der Waals surface area (Å²) in [6, 6.07) is 0. The maximum absolute atomic E-state index is 5.21. The molecule has 1 aliphatic carbocycles. The summed E-state index contributed by atoms with van der Waals surface area (Å²) in [6.07, 6.45) is 20.0. The van der Waals surface area contributed by atoms with E-state index in [0.29, 0.717) is 17.9 Å². The lowest BCUT2D eigenvalue weighted by molar-refractivity contribution is -0.336. The Hall–Kier alpha value is -1.04. The van der Waals surface area contributed by atoms with E-state index in [9.17, 15) is 0 Å². The molecule has 1 saturated carbocycles. The van der Waals surface area contributed by atoms with Gasteiger partial charge in [0.15, 0.2) is 0 Å². The predicted octanol–water partition coefficient (Wildman–Crippen LogP) is 6.09. The third-order valence-electron chi connectivity index (χ3n) is 4.12. The van der Waals surface area contributed by atoms with E-state index in [1.807, 2.05) is 6.08 Å². The standard InChI is InChI=1S/C11H16O2.C5H12.C5H8/c1-3-5-8-9(6-4-2)11-7-10(8)12-13-11;2*1-3-5-4-2/h3-4,6,8-11H,1,5,7H2,2H3;3-5H2,1-2H3;1H,4-5H2,2H3/b6-4+;;/t8-,9?,10+,11-;;/m1../s1. The van der Waals surface area contributed by atoms with Gasteiger partial charge in [0, 0.05) is 24.7 Å². The van der Waals surface area contributed by atoms with E-state index in [1.54, 1.807) is 0 Å². The maximum Gasteiger partial charge on any atom is 0.102 e. The van der Waals surface area contributed by atoms with Crippen molar-refractivity contribution in [2.75, 3.05) is 0 Å². The van der Waals surface area contributed by atoms with Crippen LogP contribution in [0.5, 0.6) is 0 Å². The van der Waals surface area contributed by atoms with E-state index in [-0.39, 0.29) is 6.10 Å². The van der Waals surface area contributed by atoms with E-state index >= 15 is 0 Å². The number of hydrogen-bond acceptors (Lipinski definition) is 2. The third-order valence-corrected chi connectivity index (χ3v) is 4.12. The van der Waals surface area contributed by atoms with Gasteiger partial charge in [-0.25, -0.2) is 9.78 Å². The highest BCUT2D eigenvalue weighted by molar-refractivity contribution is 5.05. The molecule has 0 aromatic carbocycles. The minimum Gasteiger partial charge on any atom is -0.233 e.